The third-order valence-electron chi connectivity index (χ3n) is 3.61. The zero-order valence-corrected chi connectivity index (χ0v) is 13.7. The standard InChI is InChI=1S/C18H18N4O3/c1-25-15-9-5-8-14(10-15)20-18(24)17-19-12-22(21-17)11-16(23)13-6-3-2-4-7-13/h2-10,12,16,23H,11H2,1H3,(H,20,24)/t16-/m0/s1. The molecule has 7 heteroatoms. The Morgan fingerprint density at radius 2 is 2.04 bits per heavy atom. The van der Waals surface area contributed by atoms with Crippen molar-refractivity contribution in [2.45, 2.75) is 12.6 Å². The molecule has 0 aliphatic heterocycles. The van der Waals surface area contributed by atoms with Crippen molar-refractivity contribution in [3.05, 3.63) is 72.3 Å². The molecule has 1 aromatic heterocycles. The van der Waals surface area contributed by atoms with Crippen molar-refractivity contribution in [2.75, 3.05) is 12.4 Å². The van der Waals surface area contributed by atoms with E-state index >= 15 is 0 Å². The van der Waals surface area contributed by atoms with Crippen molar-refractivity contribution < 1.29 is 14.6 Å². The summed E-state index contributed by atoms with van der Waals surface area (Å²) in [7, 11) is 1.56. The Kier molecular flexibility index (Phi) is 5.06. The molecule has 0 radical (unpaired) electrons. The summed E-state index contributed by atoms with van der Waals surface area (Å²) in [5.41, 5.74) is 1.37. The minimum Gasteiger partial charge on any atom is -0.497 e. The third kappa shape index (κ3) is 4.21. The highest BCUT2D eigenvalue weighted by Crippen LogP contribution is 2.17. The second-order valence-electron chi connectivity index (χ2n) is 5.40. The van der Waals surface area contributed by atoms with Crippen LogP contribution in [0.25, 0.3) is 0 Å². The van der Waals surface area contributed by atoms with E-state index in [-0.39, 0.29) is 12.4 Å². The second kappa shape index (κ2) is 7.59. The van der Waals surface area contributed by atoms with Crippen molar-refractivity contribution in [3.63, 3.8) is 0 Å². The lowest BCUT2D eigenvalue weighted by Crippen LogP contribution is -2.15. The van der Waals surface area contributed by atoms with Gasteiger partial charge in [0.1, 0.15) is 12.1 Å². The topological polar surface area (TPSA) is 89.3 Å². The molecule has 0 spiro atoms. The van der Waals surface area contributed by atoms with E-state index in [2.05, 4.69) is 15.4 Å². The Hall–Kier alpha value is -3.19. The van der Waals surface area contributed by atoms with Crippen molar-refractivity contribution in [1.29, 1.82) is 0 Å². The molecule has 0 saturated heterocycles. The van der Waals surface area contributed by atoms with Gasteiger partial charge >= 0.3 is 0 Å². The molecule has 3 aromatic rings. The summed E-state index contributed by atoms with van der Waals surface area (Å²) in [6.07, 6.45) is 0.698. The van der Waals surface area contributed by atoms with Crippen LogP contribution >= 0.6 is 0 Å². The largest absolute Gasteiger partial charge is 0.497 e. The number of nitrogens with one attached hydrogen (secondary N) is 1. The van der Waals surface area contributed by atoms with Crippen molar-refractivity contribution in [1.82, 2.24) is 14.8 Å². The first-order valence-electron chi connectivity index (χ1n) is 7.73. The summed E-state index contributed by atoms with van der Waals surface area (Å²) >= 11 is 0. The number of nitrogens with zero attached hydrogens (tertiary/aromatic N) is 3. The lowest BCUT2D eigenvalue weighted by Gasteiger charge is -2.10. The van der Waals surface area contributed by atoms with E-state index in [1.165, 1.54) is 11.0 Å². The van der Waals surface area contributed by atoms with Gasteiger partial charge in [0, 0.05) is 11.8 Å². The normalized spacial score (nSPS) is 11.8. The van der Waals surface area contributed by atoms with Gasteiger partial charge in [0.15, 0.2) is 0 Å². The second-order valence-corrected chi connectivity index (χ2v) is 5.40. The maximum atomic E-state index is 12.2. The van der Waals surface area contributed by atoms with Gasteiger partial charge < -0.3 is 15.2 Å². The number of aliphatic hydroxyl groups is 1. The number of anilines is 1. The van der Waals surface area contributed by atoms with E-state index < -0.39 is 12.0 Å². The highest BCUT2D eigenvalue weighted by Gasteiger charge is 2.14. The monoisotopic (exact) mass is 338 g/mol. The molecule has 3 rings (SSSR count). The molecule has 0 bridgehead atoms. The molecule has 7 nitrogen and oxygen atoms in total. The predicted octanol–water partition coefficient (Wildman–Crippen LogP) is 2.27. The van der Waals surface area contributed by atoms with Crippen LogP contribution in [0.1, 0.15) is 22.3 Å². The van der Waals surface area contributed by atoms with Crippen LogP contribution < -0.4 is 10.1 Å². The molecule has 1 atom stereocenters. The van der Waals surface area contributed by atoms with Gasteiger partial charge in [-0.25, -0.2) is 9.67 Å². The number of aliphatic hydroxyl groups excluding tert-OH is 1. The SMILES string of the molecule is COc1cccc(NC(=O)c2ncn(C[C@H](O)c3ccccc3)n2)c1. The van der Waals surface area contributed by atoms with Crippen LogP contribution in [0.2, 0.25) is 0 Å². The number of amides is 1. The molecule has 2 aromatic carbocycles. The fourth-order valence-electron chi connectivity index (χ4n) is 2.33. The van der Waals surface area contributed by atoms with Gasteiger partial charge in [-0.2, -0.15) is 0 Å². The molecule has 1 heterocycles. The molecule has 0 saturated carbocycles. The molecular formula is C18H18N4O3. The van der Waals surface area contributed by atoms with Gasteiger partial charge in [0.2, 0.25) is 5.82 Å². The number of aromatic nitrogens is 3. The molecule has 1 amide bonds. The Labute approximate surface area is 144 Å². The van der Waals surface area contributed by atoms with Crippen LogP contribution in [0.5, 0.6) is 5.75 Å². The van der Waals surface area contributed by atoms with Crippen LogP contribution in [-0.2, 0) is 6.54 Å². The Morgan fingerprint density at radius 3 is 2.80 bits per heavy atom. The minimum absolute atomic E-state index is 0.0306. The van der Waals surface area contributed by atoms with Gasteiger partial charge in [-0.1, -0.05) is 36.4 Å². The van der Waals surface area contributed by atoms with E-state index in [4.69, 9.17) is 4.74 Å². The number of rotatable bonds is 6. The number of carbonyl (C=O) groups is 1. The zero-order valence-electron chi connectivity index (χ0n) is 13.7. The summed E-state index contributed by atoms with van der Waals surface area (Å²) in [6.45, 7) is 0.212. The fraction of sp³-hybridized carbons (Fsp3) is 0.167. The number of methoxy groups -OCH3 is 1. The average molecular weight is 338 g/mol. The fourth-order valence-corrected chi connectivity index (χ4v) is 2.33. The molecule has 2 N–H and O–H groups in total. The van der Waals surface area contributed by atoms with Crippen LogP contribution in [-0.4, -0.2) is 32.9 Å². The quantitative estimate of drug-likeness (QED) is 0.720. The predicted molar refractivity (Wildman–Crippen MR) is 92.4 cm³/mol. The summed E-state index contributed by atoms with van der Waals surface area (Å²) < 4.78 is 6.56. The number of hydrogen-bond acceptors (Lipinski definition) is 5. The number of hydrogen-bond donors (Lipinski definition) is 2. The van der Waals surface area contributed by atoms with Crippen LogP contribution in [0, 0.1) is 0 Å². The maximum Gasteiger partial charge on any atom is 0.295 e. The van der Waals surface area contributed by atoms with Gasteiger partial charge in [0.05, 0.1) is 19.8 Å². The first-order chi connectivity index (χ1) is 12.2. The van der Waals surface area contributed by atoms with Gasteiger partial charge in [-0.15, -0.1) is 5.10 Å². The van der Waals surface area contributed by atoms with Crippen molar-refractivity contribution in [3.8, 4) is 5.75 Å². The Bertz CT molecular complexity index is 848. The lowest BCUT2D eigenvalue weighted by atomic mass is 10.1. The van der Waals surface area contributed by atoms with Crippen LogP contribution in [0.4, 0.5) is 5.69 Å². The first kappa shape index (κ1) is 16.7. The average Bonchev–Trinajstić information content (AvgIpc) is 3.11. The van der Waals surface area contributed by atoms with Crippen molar-refractivity contribution >= 4 is 11.6 Å². The molecule has 0 aliphatic rings. The van der Waals surface area contributed by atoms with E-state index in [1.807, 2.05) is 30.3 Å². The lowest BCUT2D eigenvalue weighted by molar-refractivity contribution is 0.101. The summed E-state index contributed by atoms with van der Waals surface area (Å²) in [6, 6.07) is 16.3. The summed E-state index contributed by atoms with van der Waals surface area (Å²) in [5.74, 6) is 0.242. The highest BCUT2D eigenvalue weighted by molar-refractivity contribution is 6.01. The molecular weight excluding hydrogens is 320 g/mol. The van der Waals surface area contributed by atoms with E-state index in [9.17, 15) is 9.90 Å². The first-order valence-corrected chi connectivity index (χ1v) is 7.73. The zero-order chi connectivity index (χ0) is 17.6. The van der Waals surface area contributed by atoms with E-state index in [0.717, 1.165) is 5.56 Å². The Morgan fingerprint density at radius 1 is 1.24 bits per heavy atom. The Balaban J connectivity index is 1.65. The number of carbonyl (C=O) groups excluding carboxylic acids is 1. The number of ether oxygens (including phenoxy) is 1. The molecule has 0 fully saturated rings. The molecule has 0 aliphatic carbocycles. The third-order valence-corrected chi connectivity index (χ3v) is 3.61. The highest BCUT2D eigenvalue weighted by atomic mass is 16.5. The minimum atomic E-state index is -0.725. The van der Waals surface area contributed by atoms with E-state index in [1.54, 1.807) is 31.4 Å². The summed E-state index contributed by atoms with van der Waals surface area (Å²) in [5, 5.41) is 17.0. The van der Waals surface area contributed by atoms with Gasteiger partial charge in [-0.3, -0.25) is 4.79 Å². The molecule has 0 unspecified atom stereocenters. The maximum absolute atomic E-state index is 12.2. The van der Waals surface area contributed by atoms with E-state index in [0.29, 0.717) is 11.4 Å². The van der Waals surface area contributed by atoms with Gasteiger partial charge in [0.25, 0.3) is 5.91 Å². The van der Waals surface area contributed by atoms with Gasteiger partial charge in [-0.05, 0) is 17.7 Å². The van der Waals surface area contributed by atoms with Crippen LogP contribution in [0.3, 0.4) is 0 Å². The molecule has 128 valence electrons. The molecule has 25 heavy (non-hydrogen) atoms. The summed E-state index contributed by atoms with van der Waals surface area (Å²) in [4.78, 5) is 16.2. The van der Waals surface area contributed by atoms with Crippen LogP contribution in [0.15, 0.2) is 60.9 Å². The van der Waals surface area contributed by atoms with Crippen molar-refractivity contribution in [2.24, 2.45) is 0 Å². The number of benzene rings is 2. The smallest absolute Gasteiger partial charge is 0.295 e.